The van der Waals surface area contributed by atoms with E-state index in [2.05, 4.69) is 24.2 Å². The van der Waals surface area contributed by atoms with E-state index in [9.17, 15) is 5.11 Å². The van der Waals surface area contributed by atoms with Crippen LogP contribution in [0.4, 0.5) is 0 Å². The van der Waals surface area contributed by atoms with Gasteiger partial charge in [-0.15, -0.1) is 0 Å². The predicted octanol–water partition coefficient (Wildman–Crippen LogP) is 1.37. The number of phenolic OH excluding ortho intramolecular Hbond substituents is 1. The molecular formula is C14H22N2O2. The van der Waals surface area contributed by atoms with Crippen molar-refractivity contribution in [2.45, 2.75) is 19.1 Å². The summed E-state index contributed by atoms with van der Waals surface area (Å²) in [7, 11) is 2.06. The average molecular weight is 250 g/mol. The van der Waals surface area contributed by atoms with Gasteiger partial charge in [0.2, 0.25) is 0 Å². The number of ether oxygens (including phenoxy) is 1. The SMILES string of the molecule is CC(c1ccccc1O)N(C)CC1CNCCO1. The number of aromatic hydroxyl groups is 1. The van der Waals surface area contributed by atoms with Gasteiger partial charge in [-0.1, -0.05) is 18.2 Å². The topological polar surface area (TPSA) is 44.7 Å². The van der Waals surface area contributed by atoms with E-state index in [1.807, 2.05) is 18.2 Å². The fourth-order valence-electron chi connectivity index (χ4n) is 2.29. The molecule has 0 bridgehead atoms. The first-order valence-corrected chi connectivity index (χ1v) is 6.49. The molecule has 0 amide bonds. The van der Waals surface area contributed by atoms with Gasteiger partial charge in [0.05, 0.1) is 12.7 Å². The molecule has 18 heavy (non-hydrogen) atoms. The molecule has 1 aliphatic heterocycles. The number of benzene rings is 1. The lowest BCUT2D eigenvalue weighted by Gasteiger charge is -2.31. The van der Waals surface area contributed by atoms with Crippen molar-refractivity contribution in [1.29, 1.82) is 0 Å². The van der Waals surface area contributed by atoms with Gasteiger partial charge in [-0.3, -0.25) is 4.90 Å². The molecule has 1 fully saturated rings. The summed E-state index contributed by atoms with van der Waals surface area (Å²) in [6.45, 7) is 5.59. The standard InChI is InChI=1S/C14H22N2O2/c1-11(13-5-3-4-6-14(13)17)16(2)10-12-9-15-7-8-18-12/h3-6,11-12,15,17H,7-10H2,1-2H3. The maximum absolute atomic E-state index is 9.87. The van der Waals surface area contributed by atoms with Gasteiger partial charge in [0, 0.05) is 31.2 Å². The molecule has 2 N–H and O–H groups in total. The molecule has 2 rings (SSSR count). The lowest BCUT2D eigenvalue weighted by atomic mass is 10.1. The molecule has 1 aromatic rings. The van der Waals surface area contributed by atoms with Crippen molar-refractivity contribution < 1.29 is 9.84 Å². The van der Waals surface area contributed by atoms with Crippen LogP contribution in [-0.4, -0.2) is 49.4 Å². The van der Waals surface area contributed by atoms with Gasteiger partial charge < -0.3 is 15.2 Å². The molecule has 1 aliphatic rings. The Morgan fingerprint density at radius 3 is 2.94 bits per heavy atom. The minimum atomic E-state index is 0.178. The van der Waals surface area contributed by atoms with Crippen molar-refractivity contribution in [3.63, 3.8) is 0 Å². The summed E-state index contributed by atoms with van der Waals surface area (Å²) in [6.07, 6.45) is 0.233. The van der Waals surface area contributed by atoms with Crippen LogP contribution in [0.1, 0.15) is 18.5 Å². The van der Waals surface area contributed by atoms with Crippen LogP contribution in [0.2, 0.25) is 0 Å². The molecular weight excluding hydrogens is 228 g/mol. The molecule has 1 saturated heterocycles. The van der Waals surface area contributed by atoms with Crippen LogP contribution in [0.5, 0.6) is 5.75 Å². The van der Waals surface area contributed by atoms with Crippen molar-refractivity contribution >= 4 is 0 Å². The van der Waals surface area contributed by atoms with E-state index in [-0.39, 0.29) is 12.1 Å². The summed E-state index contributed by atoms with van der Waals surface area (Å²) in [5.74, 6) is 0.361. The Kier molecular flexibility index (Phi) is 4.58. The second-order valence-corrected chi connectivity index (χ2v) is 4.87. The van der Waals surface area contributed by atoms with E-state index in [0.717, 1.165) is 31.8 Å². The molecule has 100 valence electrons. The summed E-state index contributed by atoms with van der Waals surface area (Å²) >= 11 is 0. The third-order valence-electron chi connectivity index (χ3n) is 3.54. The third-order valence-corrected chi connectivity index (χ3v) is 3.54. The first-order chi connectivity index (χ1) is 8.68. The Labute approximate surface area is 109 Å². The highest BCUT2D eigenvalue weighted by molar-refractivity contribution is 5.34. The Morgan fingerprint density at radius 2 is 2.28 bits per heavy atom. The van der Waals surface area contributed by atoms with Gasteiger partial charge in [-0.25, -0.2) is 0 Å². The molecule has 0 spiro atoms. The maximum Gasteiger partial charge on any atom is 0.120 e. The van der Waals surface area contributed by atoms with Gasteiger partial charge in [-0.2, -0.15) is 0 Å². The van der Waals surface area contributed by atoms with Crippen LogP contribution < -0.4 is 5.32 Å². The Balaban J connectivity index is 1.95. The van der Waals surface area contributed by atoms with Gasteiger partial charge in [0.1, 0.15) is 5.75 Å². The number of likely N-dealkylation sites (N-methyl/N-ethyl adjacent to an activating group) is 1. The van der Waals surface area contributed by atoms with E-state index in [1.54, 1.807) is 6.07 Å². The smallest absolute Gasteiger partial charge is 0.120 e. The monoisotopic (exact) mass is 250 g/mol. The van der Waals surface area contributed by atoms with E-state index in [1.165, 1.54) is 0 Å². The Morgan fingerprint density at radius 1 is 1.50 bits per heavy atom. The molecule has 0 saturated carbocycles. The van der Waals surface area contributed by atoms with Crippen LogP contribution >= 0.6 is 0 Å². The Hall–Kier alpha value is -1.10. The van der Waals surface area contributed by atoms with E-state index in [4.69, 9.17) is 4.74 Å². The van der Waals surface area contributed by atoms with Crippen molar-refractivity contribution in [3.8, 4) is 5.75 Å². The molecule has 0 aromatic heterocycles. The molecule has 2 unspecified atom stereocenters. The highest BCUT2D eigenvalue weighted by Gasteiger charge is 2.20. The summed E-state index contributed by atoms with van der Waals surface area (Å²) in [5.41, 5.74) is 0.962. The van der Waals surface area contributed by atoms with Crippen LogP contribution in [0, 0.1) is 0 Å². The highest BCUT2D eigenvalue weighted by Crippen LogP contribution is 2.27. The molecule has 0 aliphatic carbocycles. The van der Waals surface area contributed by atoms with Crippen LogP contribution in [0.15, 0.2) is 24.3 Å². The fraction of sp³-hybridized carbons (Fsp3) is 0.571. The quantitative estimate of drug-likeness (QED) is 0.847. The van der Waals surface area contributed by atoms with Crippen molar-refractivity contribution in [2.75, 3.05) is 33.3 Å². The van der Waals surface area contributed by atoms with Gasteiger partial charge in [0.25, 0.3) is 0 Å². The number of morpholine rings is 1. The number of phenols is 1. The highest BCUT2D eigenvalue weighted by atomic mass is 16.5. The number of hydrogen-bond acceptors (Lipinski definition) is 4. The van der Waals surface area contributed by atoms with E-state index < -0.39 is 0 Å². The molecule has 1 heterocycles. The second-order valence-electron chi connectivity index (χ2n) is 4.87. The van der Waals surface area contributed by atoms with Gasteiger partial charge in [-0.05, 0) is 20.0 Å². The molecule has 4 heteroatoms. The van der Waals surface area contributed by atoms with Crippen molar-refractivity contribution in [1.82, 2.24) is 10.2 Å². The first kappa shape index (κ1) is 13.3. The van der Waals surface area contributed by atoms with Crippen molar-refractivity contribution in [2.24, 2.45) is 0 Å². The van der Waals surface area contributed by atoms with Crippen molar-refractivity contribution in [3.05, 3.63) is 29.8 Å². The first-order valence-electron chi connectivity index (χ1n) is 6.49. The molecule has 4 nitrogen and oxygen atoms in total. The second kappa shape index (κ2) is 6.18. The lowest BCUT2D eigenvalue weighted by Crippen LogP contribution is -2.44. The normalized spacial score (nSPS) is 22.1. The summed E-state index contributed by atoms with van der Waals surface area (Å²) < 4.78 is 5.70. The molecule has 2 atom stereocenters. The van der Waals surface area contributed by atoms with Gasteiger partial charge in [0.15, 0.2) is 0 Å². The minimum Gasteiger partial charge on any atom is -0.508 e. The fourth-order valence-corrected chi connectivity index (χ4v) is 2.29. The number of rotatable bonds is 4. The predicted molar refractivity (Wildman–Crippen MR) is 71.8 cm³/mol. The number of nitrogens with one attached hydrogen (secondary N) is 1. The van der Waals surface area contributed by atoms with E-state index >= 15 is 0 Å². The van der Waals surface area contributed by atoms with Crippen LogP contribution in [-0.2, 0) is 4.74 Å². The summed E-state index contributed by atoms with van der Waals surface area (Å²) in [6, 6.07) is 7.68. The summed E-state index contributed by atoms with van der Waals surface area (Å²) in [4.78, 5) is 2.22. The van der Waals surface area contributed by atoms with Crippen LogP contribution in [0.3, 0.4) is 0 Å². The zero-order valence-corrected chi connectivity index (χ0v) is 11.1. The lowest BCUT2D eigenvalue weighted by molar-refractivity contribution is 0.00378. The number of para-hydroxylation sites is 1. The molecule has 1 aromatic carbocycles. The van der Waals surface area contributed by atoms with E-state index in [0.29, 0.717) is 5.75 Å². The zero-order chi connectivity index (χ0) is 13.0. The number of nitrogens with zero attached hydrogens (tertiary/aromatic N) is 1. The third kappa shape index (κ3) is 3.22. The van der Waals surface area contributed by atoms with Crippen LogP contribution in [0.25, 0.3) is 0 Å². The largest absolute Gasteiger partial charge is 0.508 e. The zero-order valence-electron chi connectivity index (χ0n) is 11.1. The maximum atomic E-state index is 9.87. The average Bonchev–Trinajstić information content (AvgIpc) is 2.39. The minimum absolute atomic E-state index is 0.178. The Bertz CT molecular complexity index is 378. The summed E-state index contributed by atoms with van der Waals surface area (Å²) in [5, 5.41) is 13.2. The molecule has 0 radical (unpaired) electrons. The van der Waals surface area contributed by atoms with Gasteiger partial charge >= 0.3 is 0 Å². The number of hydrogen-bond donors (Lipinski definition) is 2.